The maximum absolute atomic E-state index is 13.4. The molecule has 0 aliphatic carbocycles. The number of anilines is 1. The summed E-state index contributed by atoms with van der Waals surface area (Å²) in [6.45, 7) is 9.12. The van der Waals surface area contributed by atoms with E-state index < -0.39 is 58.0 Å². The van der Waals surface area contributed by atoms with Crippen LogP contribution in [0.5, 0.6) is 0 Å². The number of aromatic nitrogens is 4. The van der Waals surface area contributed by atoms with Crippen molar-refractivity contribution in [3.63, 3.8) is 0 Å². The van der Waals surface area contributed by atoms with Crippen molar-refractivity contribution in [1.29, 1.82) is 0 Å². The smallest absolute Gasteiger partial charge is 0.342 e. The van der Waals surface area contributed by atoms with Crippen LogP contribution in [0.4, 0.5) is 5.95 Å². The van der Waals surface area contributed by atoms with Gasteiger partial charge in [0.25, 0.3) is 5.56 Å². The second kappa shape index (κ2) is 9.14. The standard InChI is InChI=1S/C21H26BrN5O9/c1-6-7-26-12-14(24-18(23)25-15(12)29)27(19(26)31)16-11(22)13(33-9(2)28)10(34-16)8-32-21(5)35-17(30)20(3,4)36-21/h6,10-11,13,16H,1,7-8H2,2-5H3,(H3,23,24,25,29)/t10-,11+,13-,16-,21?/m1/s1. The number of halogens is 1. The number of imidazole rings is 1. The first kappa shape index (κ1) is 26.1. The number of fused-ring (bicyclic) bond motifs is 1. The number of hydrogen-bond acceptors (Lipinski definition) is 11. The molecule has 36 heavy (non-hydrogen) atoms. The van der Waals surface area contributed by atoms with E-state index in [1.165, 1.54) is 38.3 Å². The molecule has 196 valence electrons. The van der Waals surface area contributed by atoms with E-state index in [4.69, 9.17) is 29.4 Å². The number of esters is 2. The monoisotopic (exact) mass is 571 g/mol. The summed E-state index contributed by atoms with van der Waals surface area (Å²) < 4.78 is 30.4. The Bertz CT molecular complexity index is 1350. The summed E-state index contributed by atoms with van der Waals surface area (Å²) in [6, 6.07) is 0. The van der Waals surface area contributed by atoms with E-state index in [-0.39, 0.29) is 30.3 Å². The minimum Gasteiger partial charge on any atom is -0.458 e. The van der Waals surface area contributed by atoms with Gasteiger partial charge in [0.15, 0.2) is 23.0 Å². The highest BCUT2D eigenvalue weighted by Crippen LogP contribution is 2.39. The molecule has 2 fully saturated rings. The summed E-state index contributed by atoms with van der Waals surface area (Å²) in [5, 5.41) is 0. The fourth-order valence-corrected chi connectivity index (χ4v) is 5.02. The molecule has 0 amide bonds. The Kier molecular flexibility index (Phi) is 6.61. The third-order valence-corrected chi connectivity index (χ3v) is 6.66. The van der Waals surface area contributed by atoms with Crippen molar-refractivity contribution in [2.45, 2.75) is 69.1 Å². The van der Waals surface area contributed by atoms with E-state index >= 15 is 0 Å². The van der Waals surface area contributed by atoms with Gasteiger partial charge in [-0.05, 0) is 13.8 Å². The van der Waals surface area contributed by atoms with E-state index in [1.807, 2.05) is 0 Å². The molecule has 4 heterocycles. The highest BCUT2D eigenvalue weighted by molar-refractivity contribution is 9.09. The minimum absolute atomic E-state index is 0.0213. The second-order valence-electron chi connectivity index (χ2n) is 8.93. The molecule has 2 aromatic heterocycles. The molecule has 2 aliphatic heterocycles. The maximum atomic E-state index is 13.4. The summed E-state index contributed by atoms with van der Waals surface area (Å²) in [7, 11) is 0. The van der Waals surface area contributed by atoms with Crippen LogP contribution < -0.4 is 17.0 Å². The zero-order valence-corrected chi connectivity index (χ0v) is 21.6. The fraction of sp³-hybridized carbons (Fsp3) is 0.571. The normalized spacial score (nSPS) is 29.4. The molecule has 3 N–H and O–H groups in total. The molecule has 5 atom stereocenters. The van der Waals surface area contributed by atoms with Crippen molar-refractivity contribution in [3.8, 4) is 0 Å². The Labute approximate surface area is 212 Å². The summed E-state index contributed by atoms with van der Waals surface area (Å²) in [5.74, 6) is -3.12. The van der Waals surface area contributed by atoms with E-state index in [2.05, 4.69) is 32.5 Å². The lowest BCUT2D eigenvalue weighted by molar-refractivity contribution is -0.336. The quantitative estimate of drug-likeness (QED) is 0.265. The third kappa shape index (κ3) is 4.47. The number of nitrogen functional groups attached to an aromatic ring is 1. The minimum atomic E-state index is -1.70. The number of allylic oxidation sites excluding steroid dienone is 1. The molecule has 0 bridgehead atoms. The van der Waals surface area contributed by atoms with Crippen molar-refractivity contribution >= 4 is 45.0 Å². The van der Waals surface area contributed by atoms with Gasteiger partial charge in [-0.15, -0.1) is 6.58 Å². The molecule has 2 aromatic rings. The van der Waals surface area contributed by atoms with Crippen LogP contribution in [0.3, 0.4) is 0 Å². The Morgan fingerprint density at radius 2 is 2.03 bits per heavy atom. The first-order valence-corrected chi connectivity index (χ1v) is 11.9. The van der Waals surface area contributed by atoms with Gasteiger partial charge in [-0.3, -0.25) is 23.9 Å². The zero-order valence-electron chi connectivity index (χ0n) is 20.0. The van der Waals surface area contributed by atoms with Gasteiger partial charge in [-0.25, -0.2) is 14.2 Å². The van der Waals surface area contributed by atoms with Crippen molar-refractivity contribution in [2.24, 2.45) is 0 Å². The number of carbonyl (C=O) groups excluding carboxylic acids is 2. The average Bonchev–Trinajstić information content (AvgIpc) is 3.28. The number of nitrogens with one attached hydrogen (secondary N) is 1. The lowest BCUT2D eigenvalue weighted by Crippen LogP contribution is -2.40. The second-order valence-corrected chi connectivity index (χ2v) is 9.99. The number of rotatable bonds is 7. The van der Waals surface area contributed by atoms with Crippen LogP contribution in [0.25, 0.3) is 11.2 Å². The Balaban J connectivity index is 1.71. The predicted octanol–water partition coefficient (Wildman–Crippen LogP) is 0.289. The largest absolute Gasteiger partial charge is 0.458 e. The van der Waals surface area contributed by atoms with Crippen molar-refractivity contribution in [3.05, 3.63) is 33.5 Å². The van der Waals surface area contributed by atoms with Gasteiger partial charge in [-0.1, -0.05) is 22.0 Å². The number of aromatic amines is 1. The average molecular weight is 572 g/mol. The molecular formula is C21H26BrN5O9. The molecule has 0 saturated carbocycles. The van der Waals surface area contributed by atoms with Crippen molar-refractivity contribution < 1.29 is 33.3 Å². The van der Waals surface area contributed by atoms with Gasteiger partial charge >= 0.3 is 23.6 Å². The summed E-state index contributed by atoms with van der Waals surface area (Å²) in [4.78, 5) is 55.6. The summed E-state index contributed by atoms with van der Waals surface area (Å²) in [5.41, 5.74) is 3.23. The van der Waals surface area contributed by atoms with E-state index in [0.717, 1.165) is 4.57 Å². The van der Waals surface area contributed by atoms with Gasteiger partial charge in [0.2, 0.25) is 5.95 Å². The fourth-order valence-electron chi connectivity index (χ4n) is 4.21. The first-order valence-electron chi connectivity index (χ1n) is 10.9. The number of alkyl halides is 1. The lowest BCUT2D eigenvalue weighted by atomic mass is 10.1. The molecule has 2 saturated heterocycles. The Hall–Kier alpha value is -3.01. The van der Waals surface area contributed by atoms with Crippen LogP contribution >= 0.6 is 15.9 Å². The lowest BCUT2D eigenvalue weighted by Gasteiger charge is -2.26. The first-order chi connectivity index (χ1) is 16.8. The molecule has 14 nitrogen and oxygen atoms in total. The summed E-state index contributed by atoms with van der Waals surface area (Å²) in [6.07, 6.45) is -1.51. The highest BCUT2D eigenvalue weighted by atomic mass is 79.9. The predicted molar refractivity (Wildman–Crippen MR) is 127 cm³/mol. The summed E-state index contributed by atoms with van der Waals surface area (Å²) >= 11 is 3.47. The van der Waals surface area contributed by atoms with Crippen LogP contribution in [0.1, 0.15) is 33.9 Å². The number of ether oxygens (including phenoxy) is 5. The number of nitrogens with zero attached hydrogens (tertiary/aromatic N) is 3. The topological polar surface area (TPSA) is 179 Å². The molecular weight excluding hydrogens is 546 g/mol. The zero-order chi connectivity index (χ0) is 26.6. The van der Waals surface area contributed by atoms with Gasteiger partial charge in [0.1, 0.15) is 12.2 Å². The Morgan fingerprint density at radius 3 is 2.61 bits per heavy atom. The van der Waals surface area contributed by atoms with Crippen LogP contribution in [0, 0.1) is 0 Å². The number of hydrogen-bond donors (Lipinski definition) is 2. The number of carbonyl (C=O) groups is 2. The van der Waals surface area contributed by atoms with Crippen LogP contribution in [-0.2, 0) is 39.8 Å². The molecule has 0 spiro atoms. The molecule has 0 aromatic carbocycles. The van der Waals surface area contributed by atoms with E-state index in [0.29, 0.717) is 0 Å². The highest BCUT2D eigenvalue weighted by Gasteiger charge is 2.54. The Morgan fingerprint density at radius 1 is 1.33 bits per heavy atom. The third-order valence-electron chi connectivity index (χ3n) is 5.69. The number of nitrogens with two attached hydrogens (primary N) is 1. The van der Waals surface area contributed by atoms with Gasteiger partial charge < -0.3 is 24.7 Å². The molecule has 2 aliphatic rings. The van der Waals surface area contributed by atoms with E-state index in [1.54, 1.807) is 0 Å². The molecule has 15 heteroatoms. The number of cyclic esters (lactones) is 1. The van der Waals surface area contributed by atoms with Gasteiger partial charge in [0.05, 0.1) is 11.4 Å². The number of H-pyrrole nitrogens is 1. The molecule has 0 radical (unpaired) electrons. The van der Waals surface area contributed by atoms with Crippen LogP contribution in [-0.4, -0.2) is 66.3 Å². The van der Waals surface area contributed by atoms with Crippen LogP contribution in [0.15, 0.2) is 22.2 Å². The van der Waals surface area contributed by atoms with Gasteiger partial charge in [0, 0.05) is 20.4 Å². The van der Waals surface area contributed by atoms with Crippen LogP contribution in [0.2, 0.25) is 0 Å². The van der Waals surface area contributed by atoms with Gasteiger partial charge in [-0.2, -0.15) is 4.98 Å². The van der Waals surface area contributed by atoms with Crippen molar-refractivity contribution in [1.82, 2.24) is 19.1 Å². The molecule has 4 rings (SSSR count). The SMILES string of the molecule is C=CCn1c(=O)n([C@@H]2O[C@H](COC3(C)OC(=O)C(C)(C)O3)[C@@H](OC(C)=O)[C@@H]2Br)c2nc(N)[nH]c(=O)c21. The maximum Gasteiger partial charge on any atom is 0.342 e. The molecule has 1 unspecified atom stereocenters. The van der Waals surface area contributed by atoms with E-state index in [9.17, 15) is 19.2 Å². The van der Waals surface area contributed by atoms with Crippen molar-refractivity contribution in [2.75, 3.05) is 12.3 Å².